The Kier molecular flexibility index (Phi) is 5.00. The molecule has 2 N–H and O–H groups in total. The molecule has 1 unspecified atom stereocenters. The van der Waals surface area contributed by atoms with Crippen molar-refractivity contribution in [2.75, 3.05) is 18.0 Å². The van der Waals surface area contributed by atoms with Crippen molar-refractivity contribution in [2.45, 2.75) is 19.1 Å². The van der Waals surface area contributed by atoms with Gasteiger partial charge in [-0.2, -0.15) is 5.10 Å². The highest BCUT2D eigenvalue weighted by Gasteiger charge is 2.27. The molecule has 1 aromatic heterocycles. The maximum Gasteiger partial charge on any atom is 0.407 e. The van der Waals surface area contributed by atoms with E-state index in [0.29, 0.717) is 31.7 Å². The third-order valence-corrected chi connectivity index (χ3v) is 4.18. The Bertz CT molecular complexity index is 765. The monoisotopic (exact) mass is 348 g/mol. The lowest BCUT2D eigenvalue weighted by molar-refractivity contribution is 0.108. The average Bonchev–Trinajstić information content (AvgIpc) is 3.04. The Balaban J connectivity index is 1.51. The molecule has 8 heteroatoms. The molecule has 0 bridgehead atoms. The number of nitrogens with one attached hydrogen (secondary N) is 2. The summed E-state index contributed by atoms with van der Waals surface area (Å²) < 4.78 is 5.41. The highest BCUT2D eigenvalue weighted by atomic mass is 35.5. The lowest BCUT2D eigenvalue weighted by atomic mass is 10.2. The second kappa shape index (κ2) is 7.35. The maximum absolute atomic E-state index is 11.9. The van der Waals surface area contributed by atoms with Crippen molar-refractivity contribution in [2.24, 2.45) is 0 Å². The van der Waals surface area contributed by atoms with E-state index >= 15 is 0 Å². The molecule has 1 aliphatic rings. The van der Waals surface area contributed by atoms with E-state index in [9.17, 15) is 9.59 Å². The SMILES string of the molecule is O=C(NCc1ccccc1)OC1CCN(c2cn[nH]c(=O)c2Cl)C1. The van der Waals surface area contributed by atoms with Gasteiger partial charge in [0, 0.05) is 19.5 Å². The number of H-pyrrole nitrogens is 1. The fourth-order valence-electron chi connectivity index (χ4n) is 2.60. The first-order valence-corrected chi connectivity index (χ1v) is 7.98. The smallest absolute Gasteiger partial charge is 0.407 e. The van der Waals surface area contributed by atoms with E-state index in [1.165, 1.54) is 6.20 Å². The first-order chi connectivity index (χ1) is 11.6. The number of nitrogens with zero attached hydrogens (tertiary/aromatic N) is 2. The quantitative estimate of drug-likeness (QED) is 0.881. The molecule has 126 valence electrons. The summed E-state index contributed by atoms with van der Waals surface area (Å²) >= 11 is 6.00. The molecule has 1 aliphatic heterocycles. The van der Waals surface area contributed by atoms with Gasteiger partial charge in [0.05, 0.1) is 18.4 Å². The predicted molar refractivity (Wildman–Crippen MR) is 90.2 cm³/mol. The van der Waals surface area contributed by atoms with Crippen LogP contribution in [0.25, 0.3) is 0 Å². The summed E-state index contributed by atoms with van der Waals surface area (Å²) in [5.41, 5.74) is 1.12. The number of halogens is 1. The summed E-state index contributed by atoms with van der Waals surface area (Å²) in [6.45, 7) is 1.53. The summed E-state index contributed by atoms with van der Waals surface area (Å²) in [4.78, 5) is 25.3. The summed E-state index contributed by atoms with van der Waals surface area (Å²) in [7, 11) is 0. The number of hydrogen-bond donors (Lipinski definition) is 2. The zero-order chi connectivity index (χ0) is 16.9. The number of amides is 1. The normalized spacial score (nSPS) is 16.9. The first-order valence-electron chi connectivity index (χ1n) is 7.60. The zero-order valence-electron chi connectivity index (χ0n) is 12.9. The number of rotatable bonds is 4. The third-order valence-electron chi connectivity index (χ3n) is 3.82. The Morgan fingerprint density at radius 2 is 2.21 bits per heavy atom. The molecular weight excluding hydrogens is 332 g/mol. The van der Waals surface area contributed by atoms with Crippen LogP contribution in [0.15, 0.2) is 41.3 Å². The molecule has 0 radical (unpaired) electrons. The molecule has 0 saturated carbocycles. The summed E-state index contributed by atoms with van der Waals surface area (Å²) in [5.74, 6) is 0. The molecule has 1 amide bonds. The van der Waals surface area contributed by atoms with E-state index in [1.54, 1.807) is 0 Å². The number of carbonyl (C=O) groups excluding carboxylic acids is 1. The highest BCUT2D eigenvalue weighted by Crippen LogP contribution is 2.25. The minimum absolute atomic E-state index is 0.0965. The fourth-order valence-corrected chi connectivity index (χ4v) is 2.81. The van der Waals surface area contributed by atoms with Crippen molar-refractivity contribution < 1.29 is 9.53 Å². The van der Waals surface area contributed by atoms with Crippen LogP contribution in [0.4, 0.5) is 10.5 Å². The van der Waals surface area contributed by atoms with Crippen molar-refractivity contribution in [3.05, 3.63) is 57.5 Å². The molecule has 2 aromatic rings. The van der Waals surface area contributed by atoms with Crippen molar-refractivity contribution >= 4 is 23.4 Å². The largest absolute Gasteiger partial charge is 0.444 e. The molecule has 7 nitrogen and oxygen atoms in total. The number of benzene rings is 1. The van der Waals surface area contributed by atoms with Gasteiger partial charge in [0.25, 0.3) is 5.56 Å². The van der Waals surface area contributed by atoms with Crippen LogP contribution in [0.3, 0.4) is 0 Å². The summed E-state index contributed by atoms with van der Waals surface area (Å²) in [5, 5.41) is 8.86. The topological polar surface area (TPSA) is 87.3 Å². The number of aromatic amines is 1. The van der Waals surface area contributed by atoms with Crippen molar-refractivity contribution in [3.8, 4) is 0 Å². The number of hydrogen-bond acceptors (Lipinski definition) is 5. The lowest BCUT2D eigenvalue weighted by Gasteiger charge is -2.18. The van der Waals surface area contributed by atoms with Gasteiger partial charge in [-0.15, -0.1) is 0 Å². The van der Waals surface area contributed by atoms with Crippen molar-refractivity contribution in [3.63, 3.8) is 0 Å². The molecule has 1 saturated heterocycles. The number of ether oxygens (including phenoxy) is 1. The van der Waals surface area contributed by atoms with Gasteiger partial charge in [-0.25, -0.2) is 9.89 Å². The summed E-state index contributed by atoms with van der Waals surface area (Å²) in [6, 6.07) is 9.61. The Morgan fingerprint density at radius 3 is 3.00 bits per heavy atom. The van der Waals surface area contributed by atoms with Gasteiger partial charge < -0.3 is 15.0 Å². The van der Waals surface area contributed by atoms with Crippen LogP contribution >= 0.6 is 11.6 Å². The van der Waals surface area contributed by atoms with Gasteiger partial charge >= 0.3 is 6.09 Å². The van der Waals surface area contributed by atoms with Crippen LogP contribution in [0.5, 0.6) is 0 Å². The van der Waals surface area contributed by atoms with Gasteiger partial charge in [0.15, 0.2) is 0 Å². The Morgan fingerprint density at radius 1 is 1.42 bits per heavy atom. The van der Waals surface area contributed by atoms with Crippen LogP contribution in [-0.4, -0.2) is 35.5 Å². The molecule has 24 heavy (non-hydrogen) atoms. The number of anilines is 1. The highest BCUT2D eigenvalue weighted by molar-refractivity contribution is 6.33. The maximum atomic E-state index is 11.9. The van der Waals surface area contributed by atoms with E-state index in [1.807, 2.05) is 35.2 Å². The Hall–Kier alpha value is -2.54. The van der Waals surface area contributed by atoms with Gasteiger partial charge in [-0.1, -0.05) is 41.9 Å². The molecular formula is C16H17ClN4O3. The van der Waals surface area contributed by atoms with Gasteiger partial charge in [0.1, 0.15) is 11.1 Å². The number of alkyl carbamates (subject to hydrolysis) is 1. The van der Waals surface area contributed by atoms with Crippen LogP contribution < -0.4 is 15.8 Å². The lowest BCUT2D eigenvalue weighted by Crippen LogP contribution is -2.31. The van der Waals surface area contributed by atoms with Gasteiger partial charge in [-0.05, 0) is 5.56 Å². The van der Waals surface area contributed by atoms with E-state index in [4.69, 9.17) is 16.3 Å². The average molecular weight is 349 g/mol. The van der Waals surface area contributed by atoms with Gasteiger partial charge in [0.2, 0.25) is 0 Å². The van der Waals surface area contributed by atoms with Crippen molar-refractivity contribution in [1.29, 1.82) is 0 Å². The first kappa shape index (κ1) is 16.3. The molecule has 2 heterocycles. The Labute approximate surface area is 143 Å². The molecule has 1 fully saturated rings. The predicted octanol–water partition coefficient (Wildman–Crippen LogP) is 1.93. The van der Waals surface area contributed by atoms with E-state index < -0.39 is 11.7 Å². The molecule has 3 rings (SSSR count). The van der Waals surface area contributed by atoms with Crippen molar-refractivity contribution in [1.82, 2.24) is 15.5 Å². The van der Waals surface area contributed by atoms with Crippen LogP contribution in [0.2, 0.25) is 5.02 Å². The van der Waals surface area contributed by atoms with Gasteiger partial charge in [-0.3, -0.25) is 4.79 Å². The second-order valence-electron chi connectivity index (χ2n) is 5.50. The number of aromatic nitrogens is 2. The second-order valence-corrected chi connectivity index (χ2v) is 5.88. The van der Waals surface area contributed by atoms with Crippen LogP contribution in [-0.2, 0) is 11.3 Å². The summed E-state index contributed by atoms with van der Waals surface area (Å²) in [6.07, 6.45) is 1.46. The van der Waals surface area contributed by atoms with E-state index in [2.05, 4.69) is 15.5 Å². The standard InChI is InChI=1S/C16H17ClN4O3/c17-14-13(9-19-20-15(14)22)21-7-6-12(10-21)24-16(23)18-8-11-4-2-1-3-5-11/h1-5,9,12H,6-8,10H2,(H,18,23)(H,20,22). The third kappa shape index (κ3) is 3.86. The molecule has 1 atom stereocenters. The molecule has 0 aliphatic carbocycles. The number of carbonyl (C=O) groups is 1. The minimum Gasteiger partial charge on any atom is -0.444 e. The van der Waals surface area contributed by atoms with E-state index in [0.717, 1.165) is 5.56 Å². The van der Waals surface area contributed by atoms with Crippen LogP contribution in [0.1, 0.15) is 12.0 Å². The van der Waals surface area contributed by atoms with Crippen LogP contribution in [0, 0.1) is 0 Å². The van der Waals surface area contributed by atoms with E-state index in [-0.39, 0.29) is 11.1 Å². The minimum atomic E-state index is -0.458. The molecule has 1 aromatic carbocycles. The fraction of sp³-hybridized carbons (Fsp3) is 0.312. The zero-order valence-corrected chi connectivity index (χ0v) is 13.6. The molecule has 0 spiro atoms.